The zero-order valence-electron chi connectivity index (χ0n) is 12.2. The van der Waals surface area contributed by atoms with E-state index in [-0.39, 0.29) is 12.5 Å². The third-order valence-electron chi connectivity index (χ3n) is 3.09. The molecule has 0 unspecified atom stereocenters. The maximum absolute atomic E-state index is 11.9. The van der Waals surface area contributed by atoms with Crippen LogP contribution >= 0.6 is 0 Å². The van der Waals surface area contributed by atoms with E-state index in [0.717, 1.165) is 0 Å². The fraction of sp³-hybridized carbons (Fsp3) is 0.0625. The third kappa shape index (κ3) is 4.31. The number of amides is 3. The summed E-state index contributed by atoms with van der Waals surface area (Å²) in [6.07, 6.45) is 0. The molecule has 6 N–H and O–H groups in total. The summed E-state index contributed by atoms with van der Waals surface area (Å²) < 4.78 is 0. The van der Waals surface area contributed by atoms with Crippen molar-refractivity contribution in [1.29, 1.82) is 0 Å². The minimum absolute atomic E-state index is 0.0398. The number of rotatable bonds is 6. The zero-order chi connectivity index (χ0) is 16.8. The second-order valence-electron chi connectivity index (χ2n) is 4.75. The lowest BCUT2D eigenvalue weighted by molar-refractivity contribution is -0.114. The highest BCUT2D eigenvalue weighted by molar-refractivity contribution is 6.00. The normalized spacial score (nSPS) is 9.91. The Kier molecular flexibility index (Phi) is 4.93. The fourth-order valence-corrected chi connectivity index (χ4v) is 1.95. The van der Waals surface area contributed by atoms with Gasteiger partial charge in [0.2, 0.25) is 11.8 Å². The van der Waals surface area contributed by atoms with Crippen molar-refractivity contribution in [3.8, 4) is 0 Å². The van der Waals surface area contributed by atoms with Crippen LogP contribution in [0, 0.1) is 0 Å². The maximum atomic E-state index is 11.9. The van der Waals surface area contributed by atoms with Crippen LogP contribution < -0.4 is 22.1 Å². The number of anilines is 2. The average molecular weight is 312 g/mol. The number of hydrogen-bond donors (Lipinski definition) is 4. The van der Waals surface area contributed by atoms with Crippen LogP contribution in [0.15, 0.2) is 48.5 Å². The van der Waals surface area contributed by atoms with Crippen LogP contribution in [-0.2, 0) is 4.79 Å². The lowest BCUT2D eigenvalue weighted by atomic mass is 10.1. The molecule has 0 atom stereocenters. The Morgan fingerprint density at radius 2 is 1.52 bits per heavy atom. The predicted molar refractivity (Wildman–Crippen MR) is 87.0 cm³/mol. The van der Waals surface area contributed by atoms with Gasteiger partial charge in [0.1, 0.15) is 0 Å². The molecule has 0 saturated carbocycles. The molecule has 0 bridgehead atoms. The first-order valence-corrected chi connectivity index (χ1v) is 6.80. The second-order valence-corrected chi connectivity index (χ2v) is 4.75. The van der Waals surface area contributed by atoms with Gasteiger partial charge in [0.05, 0.1) is 12.1 Å². The molecule has 0 heterocycles. The van der Waals surface area contributed by atoms with Crippen LogP contribution in [0.2, 0.25) is 0 Å². The van der Waals surface area contributed by atoms with Crippen molar-refractivity contribution in [2.75, 3.05) is 17.2 Å². The largest absolute Gasteiger partial charge is 0.376 e. The van der Waals surface area contributed by atoms with Gasteiger partial charge in [-0.25, -0.2) is 0 Å². The molecule has 2 aromatic rings. The molecule has 0 aromatic heterocycles. The van der Waals surface area contributed by atoms with Crippen LogP contribution in [0.1, 0.15) is 20.7 Å². The van der Waals surface area contributed by atoms with Crippen LogP contribution in [0.5, 0.6) is 0 Å². The van der Waals surface area contributed by atoms with Gasteiger partial charge in [0.15, 0.2) is 0 Å². The van der Waals surface area contributed by atoms with Crippen molar-refractivity contribution >= 4 is 29.1 Å². The van der Waals surface area contributed by atoms with Crippen molar-refractivity contribution < 1.29 is 14.4 Å². The maximum Gasteiger partial charge on any atom is 0.250 e. The van der Waals surface area contributed by atoms with Gasteiger partial charge in [-0.2, -0.15) is 0 Å². The molecule has 3 amide bonds. The molecule has 118 valence electrons. The second kappa shape index (κ2) is 7.08. The van der Waals surface area contributed by atoms with Crippen LogP contribution in [0.4, 0.5) is 11.4 Å². The average Bonchev–Trinajstić information content (AvgIpc) is 2.53. The highest BCUT2D eigenvalue weighted by Crippen LogP contribution is 2.14. The molecule has 23 heavy (non-hydrogen) atoms. The molecular formula is C16H16N4O3. The summed E-state index contributed by atoms with van der Waals surface area (Å²) >= 11 is 0. The van der Waals surface area contributed by atoms with Crippen LogP contribution in [0.3, 0.4) is 0 Å². The first kappa shape index (κ1) is 16.0. The van der Waals surface area contributed by atoms with Crippen LogP contribution in [0.25, 0.3) is 0 Å². The van der Waals surface area contributed by atoms with Gasteiger partial charge >= 0.3 is 0 Å². The Morgan fingerprint density at radius 3 is 2.13 bits per heavy atom. The minimum Gasteiger partial charge on any atom is -0.376 e. The van der Waals surface area contributed by atoms with Gasteiger partial charge in [-0.3, -0.25) is 14.4 Å². The lowest BCUT2D eigenvalue weighted by Gasteiger charge is -2.10. The number of hydrogen-bond acceptors (Lipinski definition) is 4. The Balaban J connectivity index is 1.95. The summed E-state index contributed by atoms with van der Waals surface area (Å²) in [5.74, 6) is -1.42. The van der Waals surface area contributed by atoms with Gasteiger partial charge in [-0.05, 0) is 36.4 Å². The standard InChI is InChI=1S/C16H16N4O3/c17-15(22)10-5-7-11(8-6-10)20-14(21)9-19-13-4-2-1-3-12(13)16(18)23/h1-8,19H,9H2,(H2,17,22)(H2,18,23)(H,20,21). The molecule has 0 spiro atoms. The molecule has 2 rings (SSSR count). The monoisotopic (exact) mass is 312 g/mol. The highest BCUT2D eigenvalue weighted by Gasteiger charge is 2.09. The number of nitrogens with one attached hydrogen (secondary N) is 2. The Morgan fingerprint density at radius 1 is 0.870 bits per heavy atom. The molecule has 2 aromatic carbocycles. The Labute approximate surface area is 132 Å². The molecule has 7 heteroatoms. The van der Waals surface area contributed by atoms with E-state index < -0.39 is 11.8 Å². The summed E-state index contributed by atoms with van der Waals surface area (Å²) in [6.45, 7) is -0.0398. The quantitative estimate of drug-likeness (QED) is 0.632. The van der Waals surface area contributed by atoms with Gasteiger partial charge in [-0.1, -0.05) is 12.1 Å². The summed E-state index contributed by atoms with van der Waals surface area (Å²) in [6, 6.07) is 12.9. The molecular weight excluding hydrogens is 296 g/mol. The number of para-hydroxylation sites is 1. The zero-order valence-corrected chi connectivity index (χ0v) is 12.2. The molecule has 0 radical (unpaired) electrons. The van der Waals surface area contributed by atoms with E-state index in [1.54, 1.807) is 36.4 Å². The lowest BCUT2D eigenvalue weighted by Crippen LogP contribution is -2.23. The van der Waals surface area contributed by atoms with E-state index in [1.165, 1.54) is 12.1 Å². The summed E-state index contributed by atoms with van der Waals surface area (Å²) in [5.41, 5.74) is 12.1. The topological polar surface area (TPSA) is 127 Å². The molecule has 0 aliphatic rings. The molecule has 0 saturated heterocycles. The van der Waals surface area contributed by atoms with Gasteiger partial charge in [0, 0.05) is 16.9 Å². The predicted octanol–water partition coefficient (Wildman–Crippen LogP) is 0.935. The third-order valence-corrected chi connectivity index (χ3v) is 3.09. The molecule has 0 aliphatic carbocycles. The Hall–Kier alpha value is -3.35. The SMILES string of the molecule is NC(=O)c1ccc(NC(=O)CNc2ccccc2C(N)=O)cc1. The van der Waals surface area contributed by atoms with Gasteiger partial charge < -0.3 is 22.1 Å². The summed E-state index contributed by atoms with van der Waals surface area (Å²) in [5, 5.41) is 5.51. The number of nitrogens with two attached hydrogens (primary N) is 2. The number of carbonyl (C=O) groups is 3. The van der Waals surface area contributed by atoms with E-state index in [0.29, 0.717) is 22.5 Å². The van der Waals surface area contributed by atoms with E-state index in [2.05, 4.69) is 10.6 Å². The van der Waals surface area contributed by atoms with Crippen molar-refractivity contribution in [3.05, 3.63) is 59.7 Å². The molecule has 0 aliphatic heterocycles. The van der Waals surface area contributed by atoms with Crippen molar-refractivity contribution in [2.45, 2.75) is 0 Å². The van der Waals surface area contributed by atoms with E-state index in [4.69, 9.17) is 11.5 Å². The van der Waals surface area contributed by atoms with Gasteiger partial charge in [-0.15, -0.1) is 0 Å². The van der Waals surface area contributed by atoms with Crippen molar-refractivity contribution in [1.82, 2.24) is 0 Å². The summed E-state index contributed by atoms with van der Waals surface area (Å²) in [4.78, 5) is 34.2. The van der Waals surface area contributed by atoms with E-state index in [9.17, 15) is 14.4 Å². The highest BCUT2D eigenvalue weighted by atomic mass is 16.2. The van der Waals surface area contributed by atoms with E-state index >= 15 is 0 Å². The van der Waals surface area contributed by atoms with Crippen molar-refractivity contribution in [3.63, 3.8) is 0 Å². The van der Waals surface area contributed by atoms with Crippen molar-refractivity contribution in [2.24, 2.45) is 11.5 Å². The fourth-order valence-electron chi connectivity index (χ4n) is 1.95. The molecule has 0 fully saturated rings. The first-order chi connectivity index (χ1) is 11.0. The smallest absolute Gasteiger partial charge is 0.250 e. The van der Waals surface area contributed by atoms with E-state index in [1.807, 2.05) is 0 Å². The van der Waals surface area contributed by atoms with Crippen LogP contribution in [-0.4, -0.2) is 24.3 Å². The summed E-state index contributed by atoms with van der Waals surface area (Å²) in [7, 11) is 0. The number of benzene rings is 2. The first-order valence-electron chi connectivity index (χ1n) is 6.80. The number of primary amides is 2. The number of carbonyl (C=O) groups excluding carboxylic acids is 3. The minimum atomic E-state index is -0.574. The van der Waals surface area contributed by atoms with Gasteiger partial charge in [0.25, 0.3) is 5.91 Å². The Bertz CT molecular complexity index is 741. The molecule has 7 nitrogen and oxygen atoms in total.